The van der Waals surface area contributed by atoms with Gasteiger partial charge in [-0.25, -0.2) is 9.37 Å². The molecule has 1 amide bonds. The van der Waals surface area contributed by atoms with Crippen molar-refractivity contribution in [3.05, 3.63) is 54.6 Å². The van der Waals surface area contributed by atoms with Crippen LogP contribution in [0.25, 0.3) is 11.0 Å². The van der Waals surface area contributed by atoms with Crippen LogP contribution >= 0.6 is 0 Å². The van der Waals surface area contributed by atoms with Crippen molar-refractivity contribution in [1.29, 1.82) is 0 Å². The fourth-order valence-electron chi connectivity index (χ4n) is 2.81. The molecule has 0 bridgehead atoms. The minimum Gasteiger partial charge on any atom is -0.370 e. The zero-order valence-corrected chi connectivity index (χ0v) is 15.4. The monoisotopic (exact) mass is 354 g/mol. The highest BCUT2D eigenvalue weighted by molar-refractivity contribution is 5.94. The Kier molecular flexibility index (Phi) is 4.93. The zero-order chi connectivity index (χ0) is 18.8. The van der Waals surface area contributed by atoms with Crippen molar-refractivity contribution in [3.8, 4) is 0 Å². The molecular weight excluding hydrogens is 331 g/mol. The number of carbonyl (C=O) groups excluding carboxylic acids is 1. The topological polar surface area (TPSA) is 50.2 Å². The van der Waals surface area contributed by atoms with Gasteiger partial charge in [-0.3, -0.25) is 4.79 Å². The highest BCUT2D eigenvalue weighted by Crippen LogP contribution is 2.24. The average molecular weight is 354 g/mol. The summed E-state index contributed by atoms with van der Waals surface area (Å²) in [5, 5.41) is 2.78. The van der Waals surface area contributed by atoms with Gasteiger partial charge in [-0.1, -0.05) is 12.1 Å². The van der Waals surface area contributed by atoms with Gasteiger partial charge in [0.2, 0.25) is 5.91 Å². The number of imidazole rings is 1. The molecule has 0 fully saturated rings. The molecular formula is C20H23FN4O. The maximum atomic E-state index is 14.4. The van der Waals surface area contributed by atoms with Crippen LogP contribution in [0.1, 0.15) is 26.8 Å². The molecule has 6 heteroatoms. The van der Waals surface area contributed by atoms with Gasteiger partial charge in [0.15, 0.2) is 0 Å². The lowest BCUT2D eigenvalue weighted by molar-refractivity contribution is -0.118. The summed E-state index contributed by atoms with van der Waals surface area (Å²) in [6.45, 7) is 5.78. The normalized spacial score (nSPS) is 12.4. The second-order valence-electron chi connectivity index (χ2n) is 6.68. The molecule has 0 spiro atoms. The lowest BCUT2D eigenvalue weighted by Crippen LogP contribution is -2.27. The van der Waals surface area contributed by atoms with E-state index in [1.54, 1.807) is 25.4 Å². The minimum absolute atomic E-state index is 0.180. The highest BCUT2D eigenvalue weighted by Gasteiger charge is 2.18. The van der Waals surface area contributed by atoms with Crippen LogP contribution in [-0.2, 0) is 4.79 Å². The summed E-state index contributed by atoms with van der Waals surface area (Å²) in [7, 11) is 1.84. The molecule has 0 saturated carbocycles. The summed E-state index contributed by atoms with van der Waals surface area (Å²) in [4.78, 5) is 18.8. The molecule has 3 aromatic rings. The number of anilines is 2. The fourth-order valence-corrected chi connectivity index (χ4v) is 2.81. The van der Waals surface area contributed by atoms with Crippen molar-refractivity contribution in [2.75, 3.05) is 17.3 Å². The van der Waals surface area contributed by atoms with Crippen LogP contribution in [0.2, 0.25) is 0 Å². The third-order valence-corrected chi connectivity index (χ3v) is 4.65. The Morgan fingerprint density at radius 1 is 1.19 bits per heavy atom. The lowest BCUT2D eigenvalue weighted by Gasteiger charge is -2.24. The summed E-state index contributed by atoms with van der Waals surface area (Å²) in [6.07, 6.45) is 1.65. The molecule has 5 nitrogen and oxygen atoms in total. The smallest absolute Gasteiger partial charge is 0.247 e. The number of rotatable bonds is 5. The standard InChI is InChI=1S/C20H23FN4O/c1-13(2)24(4)18-10-9-15(11-16(18)21)23-20(26)14(3)25-12-22-17-7-5-6-8-19(17)25/h5-14H,1-4H3,(H,23,26)/t14-/m1/s1. The number of fused-ring (bicyclic) bond motifs is 1. The van der Waals surface area contributed by atoms with Crippen molar-refractivity contribution < 1.29 is 9.18 Å². The van der Waals surface area contributed by atoms with Gasteiger partial charge < -0.3 is 14.8 Å². The van der Waals surface area contributed by atoms with Crippen LogP contribution in [0.3, 0.4) is 0 Å². The van der Waals surface area contributed by atoms with Gasteiger partial charge in [0.25, 0.3) is 0 Å². The van der Waals surface area contributed by atoms with Gasteiger partial charge >= 0.3 is 0 Å². The number of aromatic nitrogens is 2. The number of hydrogen-bond donors (Lipinski definition) is 1. The molecule has 0 saturated heterocycles. The number of amides is 1. The largest absolute Gasteiger partial charge is 0.370 e. The SMILES string of the molecule is CC(C)N(C)c1ccc(NC(=O)[C@@H](C)n2cnc3ccccc32)cc1F. The molecule has 26 heavy (non-hydrogen) atoms. The van der Waals surface area contributed by atoms with Crippen molar-refractivity contribution in [3.63, 3.8) is 0 Å². The van der Waals surface area contributed by atoms with Crippen molar-refractivity contribution in [1.82, 2.24) is 9.55 Å². The number of hydrogen-bond acceptors (Lipinski definition) is 3. The average Bonchev–Trinajstić information content (AvgIpc) is 3.04. The summed E-state index contributed by atoms with van der Waals surface area (Å²) in [5.41, 5.74) is 2.66. The molecule has 1 aromatic heterocycles. The number of benzene rings is 2. The van der Waals surface area contributed by atoms with Crippen molar-refractivity contribution in [2.45, 2.75) is 32.9 Å². The third-order valence-electron chi connectivity index (χ3n) is 4.65. The quantitative estimate of drug-likeness (QED) is 0.746. The van der Waals surface area contributed by atoms with Crippen LogP contribution in [0.4, 0.5) is 15.8 Å². The van der Waals surface area contributed by atoms with Gasteiger partial charge in [0.1, 0.15) is 11.9 Å². The molecule has 1 N–H and O–H groups in total. The van der Waals surface area contributed by atoms with Gasteiger partial charge in [-0.05, 0) is 51.1 Å². The second kappa shape index (κ2) is 7.15. The Hall–Kier alpha value is -2.89. The zero-order valence-electron chi connectivity index (χ0n) is 15.4. The molecule has 3 rings (SSSR count). The number of nitrogens with zero attached hydrogens (tertiary/aromatic N) is 3. The molecule has 136 valence electrons. The maximum Gasteiger partial charge on any atom is 0.247 e. The predicted octanol–water partition coefficient (Wildman–Crippen LogP) is 4.22. The van der Waals surface area contributed by atoms with Crippen molar-refractivity contribution >= 4 is 28.3 Å². The molecule has 0 aliphatic carbocycles. The van der Waals surface area contributed by atoms with Gasteiger partial charge in [-0.15, -0.1) is 0 Å². The first-order valence-corrected chi connectivity index (χ1v) is 8.63. The molecule has 0 unspecified atom stereocenters. The van der Waals surface area contributed by atoms with E-state index in [-0.39, 0.29) is 17.8 Å². The van der Waals surface area contributed by atoms with Crippen LogP contribution in [0.15, 0.2) is 48.8 Å². The summed E-state index contributed by atoms with van der Waals surface area (Å²) in [6, 6.07) is 12.1. The maximum absolute atomic E-state index is 14.4. The molecule has 0 aliphatic rings. The van der Waals surface area contributed by atoms with Gasteiger partial charge in [0.05, 0.1) is 23.0 Å². The first-order valence-electron chi connectivity index (χ1n) is 8.63. The van der Waals surface area contributed by atoms with Crippen LogP contribution in [0.5, 0.6) is 0 Å². The number of nitrogens with one attached hydrogen (secondary N) is 1. The Morgan fingerprint density at radius 3 is 2.62 bits per heavy atom. The number of halogens is 1. The Labute approximate surface area is 152 Å². The second-order valence-corrected chi connectivity index (χ2v) is 6.68. The third kappa shape index (κ3) is 3.40. The van der Waals surface area contributed by atoms with E-state index in [1.807, 2.05) is 54.6 Å². The molecule has 1 atom stereocenters. The van der Waals surface area contributed by atoms with Crippen LogP contribution in [-0.4, -0.2) is 28.5 Å². The van der Waals surface area contributed by atoms with Gasteiger partial charge in [-0.2, -0.15) is 0 Å². The Morgan fingerprint density at radius 2 is 1.92 bits per heavy atom. The molecule has 2 aromatic carbocycles. The first-order chi connectivity index (χ1) is 12.4. The van der Waals surface area contributed by atoms with Gasteiger partial charge in [0, 0.05) is 18.8 Å². The van der Waals surface area contributed by atoms with E-state index in [9.17, 15) is 9.18 Å². The van der Waals surface area contributed by atoms with Crippen LogP contribution < -0.4 is 10.2 Å². The van der Waals surface area contributed by atoms with E-state index >= 15 is 0 Å². The molecule has 0 radical (unpaired) electrons. The lowest BCUT2D eigenvalue weighted by atomic mass is 10.2. The molecule has 0 aliphatic heterocycles. The van der Waals surface area contributed by atoms with Crippen LogP contribution in [0, 0.1) is 5.82 Å². The highest BCUT2D eigenvalue weighted by atomic mass is 19.1. The van der Waals surface area contributed by atoms with E-state index in [0.29, 0.717) is 11.4 Å². The predicted molar refractivity (Wildman–Crippen MR) is 103 cm³/mol. The minimum atomic E-state index is -0.469. The number of carbonyl (C=O) groups is 1. The van der Waals surface area contributed by atoms with E-state index in [4.69, 9.17) is 0 Å². The summed E-state index contributed by atoms with van der Waals surface area (Å²) in [5.74, 6) is -0.586. The van der Waals surface area contributed by atoms with E-state index < -0.39 is 6.04 Å². The number of para-hydroxylation sites is 2. The van der Waals surface area contributed by atoms with E-state index in [2.05, 4.69) is 10.3 Å². The van der Waals surface area contributed by atoms with Crippen molar-refractivity contribution in [2.24, 2.45) is 0 Å². The summed E-state index contributed by atoms with van der Waals surface area (Å²) < 4.78 is 16.2. The van der Waals surface area contributed by atoms with E-state index in [1.165, 1.54) is 6.07 Å². The Bertz CT molecular complexity index is 934. The van der Waals surface area contributed by atoms with E-state index in [0.717, 1.165) is 11.0 Å². The summed E-state index contributed by atoms with van der Waals surface area (Å²) >= 11 is 0. The first kappa shape index (κ1) is 17.9. The fraction of sp³-hybridized carbons (Fsp3) is 0.300. The Balaban J connectivity index is 1.78. The molecule has 1 heterocycles.